The topological polar surface area (TPSA) is 113 Å². The highest BCUT2D eigenvalue weighted by atomic mass is 15.2. The van der Waals surface area contributed by atoms with Crippen LogP contribution in [0.4, 0.5) is 29.2 Å². The van der Waals surface area contributed by atoms with Crippen molar-refractivity contribution in [2.75, 3.05) is 16.4 Å². The van der Waals surface area contributed by atoms with Gasteiger partial charge in [0.15, 0.2) is 0 Å². The average Bonchev–Trinajstić information content (AvgIpc) is 2.64. The summed E-state index contributed by atoms with van der Waals surface area (Å²) in [6.45, 7) is 7.81. The first kappa shape index (κ1) is 17.9. The quantitative estimate of drug-likeness (QED) is 0.631. The van der Waals surface area contributed by atoms with Crippen molar-refractivity contribution in [3.05, 3.63) is 65.2 Å². The van der Waals surface area contributed by atoms with Gasteiger partial charge >= 0.3 is 0 Å². The number of nitrogen functional groups attached to an aromatic ring is 1. The van der Waals surface area contributed by atoms with E-state index in [0.717, 1.165) is 28.1 Å². The minimum Gasteiger partial charge on any atom is -0.368 e. The highest BCUT2D eigenvalue weighted by molar-refractivity contribution is 5.68. The van der Waals surface area contributed by atoms with Gasteiger partial charge in [0.2, 0.25) is 17.8 Å². The summed E-state index contributed by atoms with van der Waals surface area (Å²) in [5, 5.41) is 15.2. The lowest BCUT2D eigenvalue weighted by molar-refractivity contribution is 1.07. The van der Waals surface area contributed by atoms with Gasteiger partial charge in [0, 0.05) is 11.4 Å². The Bertz CT molecular complexity index is 1010. The Balaban J connectivity index is 1.87. The molecule has 27 heavy (non-hydrogen) atoms. The van der Waals surface area contributed by atoms with Crippen LogP contribution in [0.2, 0.25) is 0 Å². The number of hydrogen-bond donors (Lipinski definition) is 3. The van der Waals surface area contributed by atoms with Crippen LogP contribution in [0.3, 0.4) is 0 Å². The normalized spacial score (nSPS) is 10.1. The van der Waals surface area contributed by atoms with Crippen molar-refractivity contribution in [3.63, 3.8) is 0 Å². The third-order valence-corrected chi connectivity index (χ3v) is 3.95. The third-order valence-electron chi connectivity index (χ3n) is 3.95. The summed E-state index contributed by atoms with van der Waals surface area (Å²) in [6, 6.07) is 13.1. The van der Waals surface area contributed by atoms with E-state index in [0.29, 0.717) is 17.5 Å². The van der Waals surface area contributed by atoms with Crippen LogP contribution >= 0.6 is 0 Å². The van der Waals surface area contributed by atoms with Gasteiger partial charge in [0.25, 0.3) is 0 Å². The Labute approximate surface area is 157 Å². The fourth-order valence-electron chi connectivity index (χ4n) is 2.69. The predicted molar refractivity (Wildman–Crippen MR) is 108 cm³/mol. The van der Waals surface area contributed by atoms with Gasteiger partial charge in [-0.2, -0.15) is 20.2 Å². The average molecular weight is 357 g/mol. The Kier molecular flexibility index (Phi) is 4.99. The van der Waals surface area contributed by atoms with E-state index in [1.165, 1.54) is 0 Å². The number of anilines is 5. The standard InChI is InChI=1S/C20H19N7/c1-4-14-9-12(2)17(13(3)10-14)24-20-26-18(22)25-19(27-20)23-16-7-5-15(11-21)6-8-16/h4-10H,1H2,2-3H3,(H4,22,23,24,25,26,27). The summed E-state index contributed by atoms with van der Waals surface area (Å²) in [5.41, 5.74) is 11.2. The van der Waals surface area contributed by atoms with Crippen LogP contribution < -0.4 is 16.4 Å². The van der Waals surface area contributed by atoms with Gasteiger partial charge in [-0.3, -0.25) is 0 Å². The lowest BCUT2D eigenvalue weighted by Crippen LogP contribution is -2.08. The van der Waals surface area contributed by atoms with Gasteiger partial charge in [-0.25, -0.2) is 0 Å². The smallest absolute Gasteiger partial charge is 0.233 e. The first-order valence-corrected chi connectivity index (χ1v) is 8.28. The molecule has 0 aliphatic heterocycles. The summed E-state index contributed by atoms with van der Waals surface area (Å²) in [5.74, 6) is 0.755. The fourth-order valence-corrected chi connectivity index (χ4v) is 2.69. The highest BCUT2D eigenvalue weighted by Crippen LogP contribution is 2.26. The summed E-state index contributed by atoms with van der Waals surface area (Å²) in [6.07, 6.45) is 1.81. The van der Waals surface area contributed by atoms with Gasteiger partial charge < -0.3 is 16.4 Å². The first-order valence-electron chi connectivity index (χ1n) is 8.28. The summed E-state index contributed by atoms with van der Waals surface area (Å²) in [4.78, 5) is 12.7. The molecule has 3 rings (SSSR count). The van der Waals surface area contributed by atoms with Crippen LogP contribution in [0.15, 0.2) is 43.0 Å². The van der Waals surface area contributed by atoms with Crippen LogP contribution in [0.5, 0.6) is 0 Å². The molecule has 0 fully saturated rings. The molecule has 7 heteroatoms. The molecule has 0 amide bonds. The molecule has 2 aromatic carbocycles. The predicted octanol–water partition coefficient (Wildman–Crippen LogP) is 4.07. The van der Waals surface area contributed by atoms with Crippen molar-refractivity contribution >= 4 is 35.3 Å². The molecular weight excluding hydrogens is 338 g/mol. The fraction of sp³-hybridized carbons (Fsp3) is 0.100. The maximum Gasteiger partial charge on any atom is 0.233 e. The number of aryl methyl sites for hydroxylation is 2. The zero-order chi connectivity index (χ0) is 19.4. The molecule has 0 aliphatic carbocycles. The van der Waals surface area contributed by atoms with Crippen molar-refractivity contribution < 1.29 is 0 Å². The molecule has 0 atom stereocenters. The molecule has 1 aromatic heterocycles. The van der Waals surface area contributed by atoms with Crippen molar-refractivity contribution in [3.8, 4) is 6.07 Å². The van der Waals surface area contributed by atoms with Gasteiger partial charge in [-0.05, 0) is 66.9 Å². The molecule has 134 valence electrons. The number of benzene rings is 2. The molecule has 0 unspecified atom stereocenters. The monoisotopic (exact) mass is 357 g/mol. The van der Waals surface area contributed by atoms with Crippen molar-refractivity contribution in [1.29, 1.82) is 5.26 Å². The minimum absolute atomic E-state index is 0.0988. The lowest BCUT2D eigenvalue weighted by atomic mass is 10.0. The number of nitrogens with zero attached hydrogens (tertiary/aromatic N) is 4. The zero-order valence-electron chi connectivity index (χ0n) is 15.1. The van der Waals surface area contributed by atoms with Crippen LogP contribution in [0.1, 0.15) is 22.3 Å². The summed E-state index contributed by atoms with van der Waals surface area (Å²) >= 11 is 0. The number of nitriles is 1. The van der Waals surface area contributed by atoms with Gasteiger partial charge in [0.05, 0.1) is 11.6 Å². The van der Waals surface area contributed by atoms with E-state index < -0.39 is 0 Å². The second-order valence-corrected chi connectivity index (χ2v) is 6.01. The molecule has 0 spiro atoms. The van der Waals surface area contributed by atoms with Crippen LogP contribution in [0, 0.1) is 25.2 Å². The summed E-state index contributed by atoms with van der Waals surface area (Å²) < 4.78 is 0. The van der Waals surface area contributed by atoms with E-state index in [2.05, 4.69) is 38.2 Å². The van der Waals surface area contributed by atoms with E-state index in [1.807, 2.05) is 32.1 Å². The Morgan fingerprint density at radius 2 is 1.59 bits per heavy atom. The third kappa shape index (κ3) is 4.19. The maximum atomic E-state index is 8.88. The second kappa shape index (κ2) is 7.54. The lowest BCUT2D eigenvalue weighted by Gasteiger charge is -2.14. The Morgan fingerprint density at radius 3 is 2.15 bits per heavy atom. The van der Waals surface area contributed by atoms with Gasteiger partial charge in [0.1, 0.15) is 0 Å². The molecule has 7 nitrogen and oxygen atoms in total. The second-order valence-electron chi connectivity index (χ2n) is 6.01. The van der Waals surface area contributed by atoms with E-state index in [4.69, 9.17) is 11.0 Å². The number of rotatable bonds is 5. The van der Waals surface area contributed by atoms with E-state index in [9.17, 15) is 0 Å². The minimum atomic E-state index is 0.0988. The molecule has 4 N–H and O–H groups in total. The molecule has 3 aromatic rings. The van der Waals surface area contributed by atoms with E-state index >= 15 is 0 Å². The van der Waals surface area contributed by atoms with Crippen molar-refractivity contribution in [1.82, 2.24) is 15.0 Å². The number of aromatic nitrogens is 3. The number of nitrogens with one attached hydrogen (secondary N) is 2. The molecular formula is C20H19N7. The van der Waals surface area contributed by atoms with Gasteiger partial charge in [-0.15, -0.1) is 0 Å². The highest BCUT2D eigenvalue weighted by Gasteiger charge is 2.09. The SMILES string of the molecule is C=Cc1cc(C)c(Nc2nc(N)nc(Nc3ccc(C#N)cc3)n2)c(C)c1. The van der Waals surface area contributed by atoms with Crippen molar-refractivity contribution in [2.45, 2.75) is 13.8 Å². The van der Waals surface area contributed by atoms with Crippen LogP contribution in [-0.4, -0.2) is 15.0 Å². The Hall–Kier alpha value is -3.92. The first-order chi connectivity index (χ1) is 13.0. The van der Waals surface area contributed by atoms with E-state index in [-0.39, 0.29) is 5.95 Å². The molecule has 0 saturated carbocycles. The molecule has 0 radical (unpaired) electrons. The van der Waals surface area contributed by atoms with Crippen molar-refractivity contribution in [2.24, 2.45) is 0 Å². The van der Waals surface area contributed by atoms with Crippen LogP contribution in [0.25, 0.3) is 6.08 Å². The number of hydrogen-bond acceptors (Lipinski definition) is 7. The zero-order valence-corrected chi connectivity index (χ0v) is 15.1. The Morgan fingerprint density at radius 1 is 1.00 bits per heavy atom. The molecule has 0 aliphatic rings. The van der Waals surface area contributed by atoms with E-state index in [1.54, 1.807) is 24.3 Å². The number of nitrogens with two attached hydrogens (primary N) is 1. The molecule has 1 heterocycles. The van der Waals surface area contributed by atoms with Crippen LogP contribution in [-0.2, 0) is 0 Å². The van der Waals surface area contributed by atoms with Gasteiger partial charge in [-0.1, -0.05) is 12.7 Å². The largest absolute Gasteiger partial charge is 0.368 e. The summed E-state index contributed by atoms with van der Waals surface area (Å²) in [7, 11) is 0. The molecule has 0 bridgehead atoms. The maximum absolute atomic E-state index is 8.88. The molecule has 0 saturated heterocycles.